The summed E-state index contributed by atoms with van der Waals surface area (Å²) in [7, 11) is 0. The lowest BCUT2D eigenvalue weighted by atomic mass is 10.0. The van der Waals surface area contributed by atoms with Crippen molar-refractivity contribution in [1.29, 1.82) is 0 Å². The lowest BCUT2D eigenvalue weighted by Crippen LogP contribution is -2.11. The van der Waals surface area contributed by atoms with Gasteiger partial charge in [0.2, 0.25) is 5.95 Å². The number of nitrogens with one attached hydrogen (secondary N) is 2. The third kappa shape index (κ3) is 8.70. The SMILES string of the molecule is Cc1ccc2nc(Nc3ccc(C(=O)Nc4ccc(Cl)cc4)cc3)nc(-c3ccccc3)c2c1.Cc1cccc(-c2nc(-c3ccccc3)nc3ccccc23)c1. The maximum absolute atomic E-state index is 12.6. The van der Waals surface area contributed by atoms with Crippen LogP contribution in [0.5, 0.6) is 0 Å². The first-order valence-electron chi connectivity index (χ1n) is 18.5. The minimum Gasteiger partial charge on any atom is -0.324 e. The Kier molecular flexibility index (Phi) is 10.7. The number of nitrogens with zero attached hydrogens (tertiary/aromatic N) is 4. The van der Waals surface area contributed by atoms with Gasteiger partial charge in [0.05, 0.1) is 22.4 Å². The van der Waals surface area contributed by atoms with Crippen molar-refractivity contribution in [3.05, 3.63) is 198 Å². The number of para-hydroxylation sites is 1. The van der Waals surface area contributed by atoms with Crippen LogP contribution in [0.4, 0.5) is 17.3 Å². The number of halogens is 1. The smallest absolute Gasteiger partial charge is 0.255 e. The minimum absolute atomic E-state index is 0.197. The van der Waals surface area contributed by atoms with Crippen molar-refractivity contribution in [3.8, 4) is 33.9 Å². The van der Waals surface area contributed by atoms with Gasteiger partial charge in [0.25, 0.3) is 5.91 Å². The van der Waals surface area contributed by atoms with Gasteiger partial charge in [0, 0.05) is 49.4 Å². The third-order valence-electron chi connectivity index (χ3n) is 9.33. The van der Waals surface area contributed by atoms with Crippen molar-refractivity contribution in [2.24, 2.45) is 0 Å². The molecule has 0 bridgehead atoms. The molecule has 2 heterocycles. The van der Waals surface area contributed by atoms with Crippen LogP contribution in [-0.2, 0) is 0 Å². The quantitative estimate of drug-likeness (QED) is 0.168. The number of anilines is 3. The van der Waals surface area contributed by atoms with Gasteiger partial charge in [-0.05, 0) is 86.6 Å². The molecular weight excluding hydrogens is 724 g/mol. The van der Waals surface area contributed by atoms with Crippen LogP contribution in [0.25, 0.3) is 55.7 Å². The van der Waals surface area contributed by atoms with Crippen LogP contribution in [0.3, 0.4) is 0 Å². The standard InChI is InChI=1S/C28H21ClN4O.C21H16N2/c1-18-7-16-25-24(17-18)26(19-5-3-2-4-6-19)33-28(32-25)31-23-12-8-20(9-13-23)27(34)30-22-14-10-21(29)11-15-22;1-15-8-7-11-17(14-15)20-18-12-5-6-13-19(18)22-21(23-20)16-9-3-2-4-10-16/h2-17H,1H3,(H,30,34)(H,31,32,33);2-14H,1H3. The van der Waals surface area contributed by atoms with Gasteiger partial charge in [0.15, 0.2) is 5.82 Å². The molecule has 9 aromatic rings. The predicted octanol–water partition coefficient (Wildman–Crippen LogP) is 12.5. The molecule has 7 nitrogen and oxygen atoms in total. The molecule has 0 atom stereocenters. The number of hydrogen-bond donors (Lipinski definition) is 2. The van der Waals surface area contributed by atoms with Crippen LogP contribution in [-0.4, -0.2) is 25.8 Å². The van der Waals surface area contributed by atoms with E-state index >= 15 is 0 Å². The monoisotopic (exact) mass is 760 g/mol. The molecule has 0 aliphatic carbocycles. The molecule has 2 N–H and O–H groups in total. The highest BCUT2D eigenvalue weighted by molar-refractivity contribution is 6.30. The zero-order valence-corrected chi connectivity index (χ0v) is 32.1. The first-order chi connectivity index (χ1) is 27.9. The molecule has 9 rings (SSSR count). The van der Waals surface area contributed by atoms with Crippen LogP contribution >= 0.6 is 11.6 Å². The second kappa shape index (κ2) is 16.7. The number of fused-ring (bicyclic) bond motifs is 2. The normalized spacial score (nSPS) is 10.8. The van der Waals surface area contributed by atoms with Crippen molar-refractivity contribution < 1.29 is 4.79 Å². The Morgan fingerprint density at radius 2 is 1.11 bits per heavy atom. The highest BCUT2D eigenvalue weighted by atomic mass is 35.5. The van der Waals surface area contributed by atoms with E-state index in [0.717, 1.165) is 67.0 Å². The number of aromatic nitrogens is 4. The number of carbonyl (C=O) groups is 1. The fraction of sp³-hybridized carbons (Fsp3) is 0.0408. The predicted molar refractivity (Wildman–Crippen MR) is 234 cm³/mol. The Bertz CT molecular complexity index is 2830. The lowest BCUT2D eigenvalue weighted by Gasteiger charge is -2.12. The fourth-order valence-electron chi connectivity index (χ4n) is 6.49. The zero-order valence-electron chi connectivity index (χ0n) is 31.3. The molecule has 0 aliphatic rings. The van der Waals surface area contributed by atoms with E-state index in [1.165, 1.54) is 5.56 Å². The first kappa shape index (κ1) is 36.7. The van der Waals surface area contributed by atoms with Crippen molar-refractivity contribution in [2.45, 2.75) is 13.8 Å². The molecule has 0 fully saturated rings. The first-order valence-corrected chi connectivity index (χ1v) is 18.9. The molecule has 0 unspecified atom stereocenters. The summed E-state index contributed by atoms with van der Waals surface area (Å²) in [5.41, 5.74) is 11.3. The summed E-state index contributed by atoms with van der Waals surface area (Å²) in [5, 5.41) is 8.84. The van der Waals surface area contributed by atoms with Gasteiger partial charge in [0.1, 0.15) is 0 Å². The highest BCUT2D eigenvalue weighted by Crippen LogP contribution is 2.31. The Morgan fingerprint density at radius 3 is 1.84 bits per heavy atom. The van der Waals surface area contributed by atoms with Crippen molar-refractivity contribution in [3.63, 3.8) is 0 Å². The van der Waals surface area contributed by atoms with Crippen molar-refractivity contribution in [2.75, 3.05) is 10.6 Å². The summed E-state index contributed by atoms with van der Waals surface area (Å²) >= 11 is 5.90. The summed E-state index contributed by atoms with van der Waals surface area (Å²) in [4.78, 5) is 31.7. The van der Waals surface area contributed by atoms with Gasteiger partial charge in [-0.3, -0.25) is 4.79 Å². The maximum atomic E-state index is 12.6. The topological polar surface area (TPSA) is 92.7 Å². The van der Waals surface area contributed by atoms with Crippen molar-refractivity contribution >= 4 is 56.6 Å². The van der Waals surface area contributed by atoms with E-state index in [-0.39, 0.29) is 5.91 Å². The zero-order chi connectivity index (χ0) is 39.1. The fourth-order valence-corrected chi connectivity index (χ4v) is 6.62. The average Bonchev–Trinajstić information content (AvgIpc) is 3.25. The van der Waals surface area contributed by atoms with Crippen LogP contribution < -0.4 is 10.6 Å². The van der Waals surface area contributed by atoms with E-state index in [4.69, 9.17) is 31.5 Å². The van der Waals surface area contributed by atoms with Gasteiger partial charge in [-0.1, -0.05) is 126 Å². The molecule has 0 saturated heterocycles. The number of hydrogen-bond acceptors (Lipinski definition) is 6. The second-order valence-corrected chi connectivity index (χ2v) is 14.0. The van der Waals surface area contributed by atoms with Crippen molar-refractivity contribution in [1.82, 2.24) is 19.9 Å². The molecule has 2 aromatic heterocycles. The van der Waals surface area contributed by atoms with Gasteiger partial charge >= 0.3 is 0 Å². The Labute approximate surface area is 336 Å². The van der Waals surface area contributed by atoms with Crippen LogP contribution in [0.1, 0.15) is 21.5 Å². The molecule has 7 aromatic carbocycles. The van der Waals surface area contributed by atoms with Gasteiger partial charge in [-0.2, -0.15) is 0 Å². The van der Waals surface area contributed by atoms with Crippen LogP contribution in [0.2, 0.25) is 5.02 Å². The van der Waals surface area contributed by atoms with Crippen LogP contribution in [0.15, 0.2) is 176 Å². The maximum Gasteiger partial charge on any atom is 0.255 e. The van der Waals surface area contributed by atoms with E-state index < -0.39 is 0 Å². The molecule has 0 aliphatic heterocycles. The summed E-state index contributed by atoms with van der Waals surface area (Å²) < 4.78 is 0. The third-order valence-corrected chi connectivity index (χ3v) is 9.58. The molecule has 57 heavy (non-hydrogen) atoms. The summed E-state index contributed by atoms with van der Waals surface area (Å²) in [6.07, 6.45) is 0. The summed E-state index contributed by atoms with van der Waals surface area (Å²) in [6, 6.07) is 57.2. The molecule has 276 valence electrons. The molecular formula is C49H37ClN6O. The van der Waals surface area contributed by atoms with Crippen LogP contribution in [0, 0.1) is 13.8 Å². The second-order valence-electron chi connectivity index (χ2n) is 13.6. The van der Waals surface area contributed by atoms with E-state index in [9.17, 15) is 4.79 Å². The summed E-state index contributed by atoms with van der Waals surface area (Å²) in [5.74, 6) is 1.06. The molecule has 1 amide bonds. The number of carbonyl (C=O) groups excluding carboxylic acids is 1. The van der Waals surface area contributed by atoms with Gasteiger partial charge in [-0.15, -0.1) is 0 Å². The Balaban J connectivity index is 0.000000172. The molecule has 0 radical (unpaired) electrons. The number of benzene rings is 7. The Morgan fingerprint density at radius 1 is 0.491 bits per heavy atom. The molecule has 8 heteroatoms. The largest absolute Gasteiger partial charge is 0.324 e. The number of aryl methyl sites for hydroxylation is 2. The molecule has 0 spiro atoms. The van der Waals surface area contributed by atoms with Gasteiger partial charge < -0.3 is 10.6 Å². The average molecular weight is 761 g/mol. The summed E-state index contributed by atoms with van der Waals surface area (Å²) in [6.45, 7) is 4.16. The van der Waals surface area contributed by atoms with E-state index in [2.05, 4.69) is 60.9 Å². The minimum atomic E-state index is -0.197. The van der Waals surface area contributed by atoms with E-state index in [0.29, 0.717) is 22.2 Å². The number of amides is 1. The molecule has 0 saturated carbocycles. The highest BCUT2D eigenvalue weighted by Gasteiger charge is 2.13. The van der Waals surface area contributed by atoms with E-state index in [1.54, 1.807) is 36.4 Å². The number of rotatable bonds is 7. The van der Waals surface area contributed by atoms with Gasteiger partial charge in [-0.25, -0.2) is 19.9 Å². The lowest BCUT2D eigenvalue weighted by molar-refractivity contribution is 0.102. The Hall–Kier alpha value is -7.22. The van der Waals surface area contributed by atoms with E-state index in [1.807, 2.05) is 103 Å².